The number of hydrogen-bond donors (Lipinski definition) is 2. The average molecular weight is 385 g/mol. The van der Waals surface area contributed by atoms with Crippen molar-refractivity contribution >= 4 is 0 Å². The minimum Gasteiger partial charge on any atom is -0.381 e. The Kier molecular flexibility index (Phi) is 25.8. The highest BCUT2D eigenvalue weighted by atomic mass is 16.5. The molecule has 0 aromatic heterocycles. The van der Waals surface area contributed by atoms with Crippen LogP contribution in [0.1, 0.15) is 128 Å². The van der Waals surface area contributed by atoms with Gasteiger partial charge in [0.1, 0.15) is 0 Å². The van der Waals surface area contributed by atoms with Crippen molar-refractivity contribution < 1.29 is 4.74 Å². The molecule has 0 fully saturated rings. The molecule has 0 aliphatic rings. The van der Waals surface area contributed by atoms with Crippen LogP contribution in [0.3, 0.4) is 0 Å². The van der Waals surface area contributed by atoms with Gasteiger partial charge in [0.15, 0.2) is 0 Å². The van der Waals surface area contributed by atoms with Gasteiger partial charge in [-0.3, -0.25) is 0 Å². The van der Waals surface area contributed by atoms with Crippen molar-refractivity contribution in [2.24, 2.45) is 11.5 Å². The molecule has 0 atom stereocenters. The lowest BCUT2D eigenvalue weighted by molar-refractivity contribution is 0.125. The van der Waals surface area contributed by atoms with Gasteiger partial charge in [0, 0.05) is 13.2 Å². The Labute approximate surface area is 171 Å². The average Bonchev–Trinajstić information content (AvgIpc) is 2.68. The fraction of sp³-hybridized carbons (Fsp3) is 1.00. The zero-order valence-corrected chi connectivity index (χ0v) is 18.5. The first-order valence-electron chi connectivity index (χ1n) is 12.4. The molecule has 0 aliphatic heterocycles. The highest BCUT2D eigenvalue weighted by Crippen LogP contribution is 2.12. The fourth-order valence-corrected chi connectivity index (χ4v) is 3.63. The molecule has 0 saturated carbocycles. The van der Waals surface area contributed by atoms with E-state index in [0.717, 1.165) is 26.3 Å². The van der Waals surface area contributed by atoms with Crippen LogP contribution >= 0.6 is 0 Å². The molecule has 0 radical (unpaired) electrons. The van der Waals surface area contributed by atoms with Crippen molar-refractivity contribution in [3.05, 3.63) is 0 Å². The lowest BCUT2D eigenvalue weighted by Crippen LogP contribution is -1.97. The molecule has 0 aliphatic carbocycles. The van der Waals surface area contributed by atoms with Crippen LogP contribution < -0.4 is 11.5 Å². The Morgan fingerprint density at radius 1 is 0.296 bits per heavy atom. The molecule has 3 nitrogen and oxygen atoms in total. The van der Waals surface area contributed by atoms with E-state index in [1.807, 2.05) is 0 Å². The maximum atomic E-state index is 5.78. The van der Waals surface area contributed by atoms with Gasteiger partial charge < -0.3 is 16.2 Å². The minimum atomic E-state index is 0.859. The third-order valence-electron chi connectivity index (χ3n) is 5.49. The number of ether oxygens (including phenoxy) is 1. The molecule has 4 N–H and O–H groups in total. The monoisotopic (exact) mass is 384 g/mol. The van der Waals surface area contributed by atoms with Crippen molar-refractivity contribution in [1.29, 1.82) is 0 Å². The van der Waals surface area contributed by atoms with E-state index >= 15 is 0 Å². The Hall–Kier alpha value is -0.120. The fourth-order valence-electron chi connectivity index (χ4n) is 3.63. The highest BCUT2D eigenvalue weighted by molar-refractivity contribution is 4.50. The molecular formula is C24H52N2O. The normalized spacial score (nSPS) is 11.3. The van der Waals surface area contributed by atoms with Crippen LogP contribution in [0.5, 0.6) is 0 Å². The van der Waals surface area contributed by atoms with E-state index in [0.29, 0.717) is 0 Å². The third-order valence-corrected chi connectivity index (χ3v) is 5.49. The summed E-state index contributed by atoms with van der Waals surface area (Å²) in [5, 5.41) is 0. The van der Waals surface area contributed by atoms with E-state index in [1.165, 1.54) is 128 Å². The number of rotatable bonds is 24. The lowest BCUT2D eigenvalue weighted by Gasteiger charge is -2.05. The number of nitrogens with two attached hydrogens (primary N) is 2. The number of hydrogen-bond acceptors (Lipinski definition) is 3. The summed E-state index contributed by atoms with van der Waals surface area (Å²) < 4.78 is 5.78. The zero-order chi connectivity index (χ0) is 19.7. The van der Waals surface area contributed by atoms with E-state index in [9.17, 15) is 0 Å². The second kappa shape index (κ2) is 25.9. The summed E-state index contributed by atoms with van der Waals surface area (Å²) >= 11 is 0. The van der Waals surface area contributed by atoms with Crippen LogP contribution in [-0.4, -0.2) is 26.3 Å². The summed E-state index contributed by atoms with van der Waals surface area (Å²) in [4.78, 5) is 0. The van der Waals surface area contributed by atoms with Gasteiger partial charge >= 0.3 is 0 Å². The predicted molar refractivity (Wildman–Crippen MR) is 121 cm³/mol. The highest BCUT2D eigenvalue weighted by Gasteiger charge is 1.95. The Morgan fingerprint density at radius 2 is 0.519 bits per heavy atom. The predicted octanol–water partition coefficient (Wildman–Crippen LogP) is 6.72. The van der Waals surface area contributed by atoms with Gasteiger partial charge in [0.05, 0.1) is 0 Å². The lowest BCUT2D eigenvalue weighted by atomic mass is 10.1. The molecule has 0 rings (SSSR count). The van der Waals surface area contributed by atoms with Crippen LogP contribution in [0.4, 0.5) is 0 Å². The van der Waals surface area contributed by atoms with E-state index in [1.54, 1.807) is 0 Å². The summed E-state index contributed by atoms with van der Waals surface area (Å²) in [6.07, 6.45) is 27.0. The number of unbranched alkanes of at least 4 members (excludes halogenated alkanes) is 18. The second-order valence-corrected chi connectivity index (χ2v) is 8.26. The first kappa shape index (κ1) is 26.9. The third kappa shape index (κ3) is 25.9. The first-order chi connectivity index (χ1) is 13.4. The quantitative estimate of drug-likeness (QED) is 0.181. The molecule has 0 saturated heterocycles. The Morgan fingerprint density at radius 3 is 0.778 bits per heavy atom. The molecule has 0 bridgehead atoms. The molecular weight excluding hydrogens is 332 g/mol. The van der Waals surface area contributed by atoms with Crippen molar-refractivity contribution in [2.75, 3.05) is 26.3 Å². The smallest absolute Gasteiger partial charge is 0.0466 e. The molecule has 3 heteroatoms. The van der Waals surface area contributed by atoms with Gasteiger partial charge in [-0.1, -0.05) is 103 Å². The van der Waals surface area contributed by atoms with Crippen molar-refractivity contribution in [2.45, 2.75) is 128 Å². The van der Waals surface area contributed by atoms with Gasteiger partial charge in [0.2, 0.25) is 0 Å². The zero-order valence-electron chi connectivity index (χ0n) is 18.5. The van der Waals surface area contributed by atoms with E-state index in [2.05, 4.69) is 0 Å². The topological polar surface area (TPSA) is 61.3 Å². The standard InChI is InChI=1S/C24H52N2O/c25-21-17-13-9-5-1-3-7-11-15-19-23-27-24-20-16-12-8-4-2-6-10-14-18-22-26/h1-26H2. The first-order valence-corrected chi connectivity index (χ1v) is 12.4. The molecule has 0 amide bonds. The van der Waals surface area contributed by atoms with Crippen LogP contribution in [0.25, 0.3) is 0 Å². The summed E-state index contributed by atoms with van der Waals surface area (Å²) in [5.74, 6) is 0. The second-order valence-electron chi connectivity index (χ2n) is 8.26. The molecule has 0 aromatic rings. The summed E-state index contributed by atoms with van der Waals surface area (Å²) in [6.45, 7) is 3.67. The van der Waals surface area contributed by atoms with E-state index in [-0.39, 0.29) is 0 Å². The van der Waals surface area contributed by atoms with Gasteiger partial charge in [-0.05, 0) is 38.8 Å². The van der Waals surface area contributed by atoms with Crippen molar-refractivity contribution in [1.82, 2.24) is 0 Å². The summed E-state index contributed by atoms with van der Waals surface area (Å²) in [6, 6.07) is 0. The van der Waals surface area contributed by atoms with Crippen LogP contribution in [0.2, 0.25) is 0 Å². The molecule has 0 unspecified atom stereocenters. The van der Waals surface area contributed by atoms with E-state index in [4.69, 9.17) is 16.2 Å². The molecule has 164 valence electrons. The summed E-state index contributed by atoms with van der Waals surface area (Å²) in [5.41, 5.74) is 11.0. The Bertz CT molecular complexity index is 225. The molecule has 0 heterocycles. The SMILES string of the molecule is NCCCCCCCCCCCCOCCCCCCCCCCCCN. The van der Waals surface area contributed by atoms with Gasteiger partial charge in [-0.2, -0.15) is 0 Å². The van der Waals surface area contributed by atoms with Crippen molar-refractivity contribution in [3.63, 3.8) is 0 Å². The van der Waals surface area contributed by atoms with Gasteiger partial charge in [-0.15, -0.1) is 0 Å². The van der Waals surface area contributed by atoms with Crippen LogP contribution in [0.15, 0.2) is 0 Å². The van der Waals surface area contributed by atoms with Crippen LogP contribution in [0, 0.1) is 0 Å². The maximum Gasteiger partial charge on any atom is 0.0466 e. The Balaban J connectivity index is 2.95. The van der Waals surface area contributed by atoms with Crippen LogP contribution in [-0.2, 0) is 4.74 Å². The van der Waals surface area contributed by atoms with Gasteiger partial charge in [0.25, 0.3) is 0 Å². The van der Waals surface area contributed by atoms with Gasteiger partial charge in [-0.25, -0.2) is 0 Å². The largest absolute Gasteiger partial charge is 0.381 e. The molecule has 0 spiro atoms. The van der Waals surface area contributed by atoms with E-state index < -0.39 is 0 Å². The molecule has 0 aromatic carbocycles. The van der Waals surface area contributed by atoms with Crippen molar-refractivity contribution in [3.8, 4) is 0 Å². The summed E-state index contributed by atoms with van der Waals surface area (Å²) in [7, 11) is 0. The maximum absolute atomic E-state index is 5.78. The molecule has 27 heavy (non-hydrogen) atoms. The minimum absolute atomic E-state index is 0.859.